The van der Waals surface area contributed by atoms with E-state index in [0.29, 0.717) is 5.95 Å². The van der Waals surface area contributed by atoms with E-state index in [1.54, 1.807) is 6.20 Å². The van der Waals surface area contributed by atoms with Crippen LogP contribution in [0.4, 0.5) is 17.5 Å². The van der Waals surface area contributed by atoms with Gasteiger partial charge in [0.1, 0.15) is 0 Å². The zero-order valence-electron chi connectivity index (χ0n) is 13.5. The Bertz CT molecular complexity index is 624. The van der Waals surface area contributed by atoms with E-state index < -0.39 is 0 Å². The van der Waals surface area contributed by atoms with Gasteiger partial charge in [0.05, 0.1) is 6.20 Å². The van der Waals surface area contributed by atoms with E-state index in [2.05, 4.69) is 70.4 Å². The molecule has 1 saturated heterocycles. The molecule has 1 aliphatic rings. The van der Waals surface area contributed by atoms with Crippen molar-refractivity contribution in [3.63, 3.8) is 0 Å². The molecule has 0 radical (unpaired) electrons. The van der Waals surface area contributed by atoms with Gasteiger partial charge in [-0.1, -0.05) is 32.9 Å². The van der Waals surface area contributed by atoms with Gasteiger partial charge in [-0.2, -0.15) is 10.1 Å². The average molecular weight is 297 g/mol. The minimum atomic E-state index is 0.165. The number of anilines is 3. The van der Waals surface area contributed by atoms with Crippen molar-refractivity contribution < 1.29 is 0 Å². The highest BCUT2D eigenvalue weighted by Crippen LogP contribution is 2.24. The van der Waals surface area contributed by atoms with Crippen LogP contribution in [0.2, 0.25) is 0 Å². The maximum Gasteiger partial charge on any atom is 0.247 e. The summed E-state index contributed by atoms with van der Waals surface area (Å²) in [6, 6.07) is 8.47. The van der Waals surface area contributed by atoms with Gasteiger partial charge in [-0.15, -0.1) is 5.10 Å². The van der Waals surface area contributed by atoms with Gasteiger partial charge in [0, 0.05) is 18.8 Å². The van der Waals surface area contributed by atoms with Crippen LogP contribution in [0.25, 0.3) is 0 Å². The first-order chi connectivity index (χ1) is 10.5. The predicted octanol–water partition coefficient (Wildman–Crippen LogP) is 3.51. The maximum atomic E-state index is 4.56. The van der Waals surface area contributed by atoms with E-state index in [4.69, 9.17) is 0 Å². The third-order valence-corrected chi connectivity index (χ3v) is 3.96. The van der Waals surface area contributed by atoms with E-state index in [1.807, 2.05) is 0 Å². The number of nitrogens with one attached hydrogen (secondary N) is 1. The van der Waals surface area contributed by atoms with E-state index >= 15 is 0 Å². The zero-order chi connectivity index (χ0) is 15.6. The van der Waals surface area contributed by atoms with Gasteiger partial charge in [0.2, 0.25) is 5.95 Å². The topological polar surface area (TPSA) is 53.9 Å². The average Bonchev–Trinajstić information content (AvgIpc) is 3.01. The maximum absolute atomic E-state index is 4.56. The van der Waals surface area contributed by atoms with Crippen LogP contribution in [-0.2, 0) is 5.41 Å². The standard InChI is InChI=1S/C17H23N5/c1-17(2,3)13-6-8-14(9-7-13)19-15-12-18-21-16(20-15)22-10-4-5-11-22/h6-9,12H,4-5,10-11H2,1-3H3,(H,19,20,21). The van der Waals surface area contributed by atoms with Crippen molar-refractivity contribution in [2.45, 2.75) is 39.0 Å². The van der Waals surface area contributed by atoms with Crippen molar-refractivity contribution in [3.05, 3.63) is 36.0 Å². The zero-order valence-corrected chi connectivity index (χ0v) is 13.5. The summed E-state index contributed by atoms with van der Waals surface area (Å²) >= 11 is 0. The van der Waals surface area contributed by atoms with Crippen molar-refractivity contribution in [2.24, 2.45) is 0 Å². The van der Waals surface area contributed by atoms with Gasteiger partial charge in [-0.05, 0) is 36.0 Å². The fourth-order valence-electron chi connectivity index (χ4n) is 2.61. The van der Waals surface area contributed by atoms with Crippen LogP contribution >= 0.6 is 0 Å². The molecule has 5 nitrogen and oxygen atoms in total. The van der Waals surface area contributed by atoms with Crippen molar-refractivity contribution in [1.29, 1.82) is 0 Å². The molecule has 1 aliphatic heterocycles. The minimum absolute atomic E-state index is 0.165. The Hall–Kier alpha value is -2.17. The molecule has 0 saturated carbocycles. The molecule has 3 rings (SSSR count). The van der Waals surface area contributed by atoms with Crippen LogP contribution in [0.1, 0.15) is 39.2 Å². The lowest BCUT2D eigenvalue weighted by molar-refractivity contribution is 0.590. The second-order valence-electron chi connectivity index (χ2n) is 6.79. The monoisotopic (exact) mass is 297 g/mol. The Labute approximate surface area is 131 Å². The Balaban J connectivity index is 1.74. The molecule has 1 fully saturated rings. The molecule has 1 N–H and O–H groups in total. The molecule has 0 aliphatic carbocycles. The molecular weight excluding hydrogens is 274 g/mol. The molecule has 1 aromatic heterocycles. The third kappa shape index (κ3) is 3.35. The summed E-state index contributed by atoms with van der Waals surface area (Å²) in [6.45, 7) is 8.68. The lowest BCUT2D eigenvalue weighted by Crippen LogP contribution is -2.21. The minimum Gasteiger partial charge on any atom is -0.339 e. The van der Waals surface area contributed by atoms with Gasteiger partial charge in [-0.3, -0.25) is 0 Å². The lowest BCUT2D eigenvalue weighted by Gasteiger charge is -2.19. The van der Waals surface area contributed by atoms with Crippen molar-refractivity contribution >= 4 is 17.5 Å². The summed E-state index contributed by atoms with van der Waals surface area (Å²) in [5.74, 6) is 1.45. The Morgan fingerprint density at radius 3 is 2.36 bits per heavy atom. The number of nitrogens with zero attached hydrogens (tertiary/aromatic N) is 4. The van der Waals surface area contributed by atoms with E-state index in [9.17, 15) is 0 Å². The number of hydrogen-bond donors (Lipinski definition) is 1. The molecule has 0 bridgehead atoms. The fraction of sp³-hybridized carbons (Fsp3) is 0.471. The summed E-state index contributed by atoms with van der Waals surface area (Å²) in [6.07, 6.45) is 4.07. The van der Waals surface area contributed by atoms with Gasteiger partial charge < -0.3 is 10.2 Å². The van der Waals surface area contributed by atoms with Crippen LogP contribution in [0, 0.1) is 0 Å². The Morgan fingerprint density at radius 2 is 1.73 bits per heavy atom. The summed E-state index contributed by atoms with van der Waals surface area (Å²) < 4.78 is 0. The summed E-state index contributed by atoms with van der Waals surface area (Å²) in [7, 11) is 0. The van der Waals surface area contributed by atoms with Crippen molar-refractivity contribution in [2.75, 3.05) is 23.3 Å². The first-order valence-corrected chi connectivity index (χ1v) is 7.85. The molecular formula is C17H23N5. The largest absolute Gasteiger partial charge is 0.339 e. The summed E-state index contributed by atoms with van der Waals surface area (Å²) in [4.78, 5) is 6.74. The third-order valence-electron chi connectivity index (χ3n) is 3.96. The number of aromatic nitrogens is 3. The molecule has 1 aromatic carbocycles. The predicted molar refractivity (Wildman–Crippen MR) is 89.7 cm³/mol. The lowest BCUT2D eigenvalue weighted by atomic mass is 9.87. The van der Waals surface area contributed by atoms with E-state index in [-0.39, 0.29) is 5.41 Å². The second-order valence-corrected chi connectivity index (χ2v) is 6.79. The van der Waals surface area contributed by atoms with Gasteiger partial charge in [0.15, 0.2) is 5.82 Å². The van der Waals surface area contributed by atoms with Crippen LogP contribution in [0.3, 0.4) is 0 Å². The van der Waals surface area contributed by atoms with E-state index in [0.717, 1.165) is 24.6 Å². The fourth-order valence-corrected chi connectivity index (χ4v) is 2.61. The first kappa shape index (κ1) is 14.8. The number of hydrogen-bond acceptors (Lipinski definition) is 5. The summed E-state index contributed by atoms with van der Waals surface area (Å²) in [5.41, 5.74) is 2.50. The molecule has 0 unspecified atom stereocenters. The highest BCUT2D eigenvalue weighted by atomic mass is 15.3. The first-order valence-electron chi connectivity index (χ1n) is 7.85. The molecule has 2 aromatic rings. The molecule has 5 heteroatoms. The van der Waals surface area contributed by atoms with Crippen LogP contribution in [0.5, 0.6) is 0 Å². The van der Waals surface area contributed by atoms with Crippen molar-refractivity contribution in [1.82, 2.24) is 15.2 Å². The van der Waals surface area contributed by atoms with Gasteiger partial charge in [-0.25, -0.2) is 0 Å². The van der Waals surface area contributed by atoms with Crippen LogP contribution in [-0.4, -0.2) is 28.3 Å². The highest BCUT2D eigenvalue weighted by Gasteiger charge is 2.16. The number of rotatable bonds is 3. The smallest absolute Gasteiger partial charge is 0.247 e. The van der Waals surface area contributed by atoms with E-state index in [1.165, 1.54) is 18.4 Å². The van der Waals surface area contributed by atoms with Crippen LogP contribution in [0.15, 0.2) is 30.5 Å². The SMILES string of the molecule is CC(C)(C)c1ccc(Nc2cnnc(N3CCCC3)n2)cc1. The second kappa shape index (κ2) is 5.91. The molecule has 116 valence electrons. The summed E-state index contributed by atoms with van der Waals surface area (Å²) in [5, 5.41) is 11.5. The molecule has 2 heterocycles. The van der Waals surface area contributed by atoms with Crippen LogP contribution < -0.4 is 10.2 Å². The molecule has 0 atom stereocenters. The molecule has 22 heavy (non-hydrogen) atoms. The number of benzene rings is 1. The van der Waals surface area contributed by atoms with Crippen molar-refractivity contribution in [3.8, 4) is 0 Å². The molecule has 0 amide bonds. The highest BCUT2D eigenvalue weighted by molar-refractivity contribution is 5.57. The Morgan fingerprint density at radius 1 is 1.05 bits per heavy atom. The van der Waals surface area contributed by atoms with Gasteiger partial charge >= 0.3 is 0 Å². The normalized spacial score (nSPS) is 15.1. The van der Waals surface area contributed by atoms with Gasteiger partial charge in [0.25, 0.3) is 0 Å². The molecule has 0 spiro atoms. The Kier molecular flexibility index (Phi) is 3.96. The quantitative estimate of drug-likeness (QED) is 0.939.